The minimum absolute atomic E-state index is 0.108. The largest absolute Gasteiger partial charge is 0.388 e. The Labute approximate surface area is 505 Å². The molecule has 0 spiro atoms. The van der Waals surface area contributed by atoms with Gasteiger partial charge in [0.15, 0.2) is 6.29 Å². The first-order chi connectivity index (χ1) is 39.7. The average Bonchev–Trinajstić information content (AvgIpc) is 1.71. The summed E-state index contributed by atoms with van der Waals surface area (Å²) in [5.41, 5.74) is -4.72. The van der Waals surface area contributed by atoms with Gasteiger partial charge in [0, 0.05) is 38.5 Å². The number of methoxy groups -OCH3 is 1. The first-order valence-electron chi connectivity index (χ1n) is 32.0. The summed E-state index contributed by atoms with van der Waals surface area (Å²) in [7, 11) is 5.06. The van der Waals surface area contributed by atoms with Crippen LogP contribution in [0.1, 0.15) is 172 Å². The van der Waals surface area contributed by atoms with E-state index >= 15 is 0 Å². The van der Waals surface area contributed by atoms with E-state index in [1.54, 1.807) is 39.5 Å². The van der Waals surface area contributed by atoms with Crippen LogP contribution in [0.4, 0.5) is 0 Å². The number of carbonyl (C=O) groups excluding carboxylic acids is 2. The number of aryl methyl sites for hydroxylation is 1. The number of ether oxygens (including phenoxy) is 5. The summed E-state index contributed by atoms with van der Waals surface area (Å²) in [6, 6.07) is 20.9. The zero-order chi connectivity index (χ0) is 61.7. The number of benzene rings is 2. The summed E-state index contributed by atoms with van der Waals surface area (Å²) in [6.07, 6.45) is 9.91. The Kier molecular flexibility index (Phi) is 25.9. The minimum Gasteiger partial charge on any atom is -0.388 e. The van der Waals surface area contributed by atoms with Gasteiger partial charge in [-0.2, -0.15) is 0 Å². The van der Waals surface area contributed by atoms with Crippen LogP contribution in [-0.2, 0) is 40.3 Å². The monoisotopic (exact) mass is 1190 g/mol. The zero-order valence-corrected chi connectivity index (χ0v) is 54.7. The fraction of sp³-hybridized carbons (Fsp3) is 0.746. The molecule has 1 unspecified atom stereocenters. The molecule has 5 N–H and O–H groups in total. The van der Waals surface area contributed by atoms with Crippen LogP contribution in [0.3, 0.4) is 0 Å². The Morgan fingerprint density at radius 2 is 1.35 bits per heavy atom. The van der Waals surface area contributed by atoms with Gasteiger partial charge in [0.25, 0.3) is 0 Å². The fourth-order valence-electron chi connectivity index (χ4n) is 14.8. The molecule has 18 atom stereocenters. The van der Waals surface area contributed by atoms with Crippen LogP contribution in [0.5, 0.6) is 0 Å². The number of likely N-dealkylation sites (N-methyl/N-ethyl adjacent to an activating group) is 1. The van der Waals surface area contributed by atoms with Crippen molar-refractivity contribution in [1.29, 1.82) is 0 Å². The molecule has 476 valence electrons. The van der Waals surface area contributed by atoms with Crippen molar-refractivity contribution in [3.8, 4) is 0 Å². The van der Waals surface area contributed by atoms with Crippen molar-refractivity contribution in [2.45, 2.75) is 256 Å². The maximum absolute atomic E-state index is 14.8. The summed E-state index contributed by atoms with van der Waals surface area (Å²) < 4.78 is 34.1. The molecule has 3 saturated heterocycles. The second-order valence-electron chi connectivity index (χ2n) is 26.8. The van der Waals surface area contributed by atoms with E-state index in [-0.39, 0.29) is 56.2 Å². The molecule has 1 aromatic heterocycles. The zero-order valence-electron chi connectivity index (χ0n) is 53.7. The first-order valence-corrected chi connectivity index (χ1v) is 34.2. The number of carbonyl (C=O) groups is 2. The van der Waals surface area contributed by atoms with Gasteiger partial charge in [-0.15, -0.1) is 0 Å². The maximum atomic E-state index is 14.8. The van der Waals surface area contributed by atoms with E-state index in [2.05, 4.69) is 78.2 Å². The van der Waals surface area contributed by atoms with Crippen molar-refractivity contribution in [2.24, 2.45) is 30.7 Å². The van der Waals surface area contributed by atoms with Gasteiger partial charge in [0.1, 0.15) is 30.0 Å². The van der Waals surface area contributed by atoms with E-state index in [0.29, 0.717) is 12.8 Å². The standard InChI is InChI=1S/C67H111N4O12P/c1-15-56-67(10,78)60(74)49(6)71(57(72)37-31-23-21-19-17-16-18-20-22-24-32-38-84(51-33-27-25-28-34-51,52-35-29-26-30-36-52)53-42-68-70(13)44-53)43-45(2)40-65(8,77)62(83-64-59(73)54(69(11)12)39-46(3)80-64)47(4)58(48(5)63(76)82-56)55-41-66(9,79-14)61(75)50(7)81-55/h25-30,33-36,42,44-50,54-56,58-62,64,73-75,77-78,84H,15-24,31-32,37-41,43H2,1-14H3/t45-,46-,47+,48-,49-,50+,54+,55?,56-,58+,59-,60-,61+,62-,64+,65-,66-,67-/m1/s1. The number of nitrogens with zero attached hydrogens (tertiary/aromatic N) is 4. The predicted octanol–water partition coefficient (Wildman–Crippen LogP) is 8.21. The van der Waals surface area contributed by atoms with Crippen LogP contribution in [0, 0.1) is 23.7 Å². The molecule has 3 aromatic rings. The molecule has 17 heteroatoms. The van der Waals surface area contributed by atoms with Gasteiger partial charge in [-0.1, -0.05) is 27.7 Å². The molecule has 0 bridgehead atoms. The molecule has 3 fully saturated rings. The smallest absolute Gasteiger partial charge is 0.126 e. The number of rotatable bonds is 23. The molecule has 1 amide bonds. The Bertz CT molecular complexity index is 2410. The second-order valence-corrected chi connectivity index (χ2v) is 30.8. The predicted molar refractivity (Wildman–Crippen MR) is 335 cm³/mol. The summed E-state index contributed by atoms with van der Waals surface area (Å²) in [4.78, 5) is 33.0. The third-order valence-corrected chi connectivity index (χ3v) is 24.7. The van der Waals surface area contributed by atoms with Crippen molar-refractivity contribution < 1.29 is 58.8 Å². The summed E-state index contributed by atoms with van der Waals surface area (Å²) in [5.74, 6) is -3.62. The van der Waals surface area contributed by atoms with E-state index in [1.807, 2.05) is 58.4 Å². The third kappa shape index (κ3) is 16.9. The molecule has 0 radical (unpaired) electrons. The molecule has 0 aliphatic carbocycles. The van der Waals surface area contributed by atoms with Crippen LogP contribution in [0.2, 0.25) is 0 Å². The molecule has 2 aromatic carbocycles. The summed E-state index contributed by atoms with van der Waals surface area (Å²) in [5, 5.41) is 69.7. The van der Waals surface area contributed by atoms with Crippen molar-refractivity contribution in [3.05, 3.63) is 73.1 Å². The van der Waals surface area contributed by atoms with Crippen LogP contribution >= 0.6 is 7.26 Å². The summed E-state index contributed by atoms with van der Waals surface area (Å²) in [6.45, 7) is 17.9. The normalized spacial score (nSPS) is 35.3. The van der Waals surface area contributed by atoms with Gasteiger partial charge in [0.2, 0.25) is 5.91 Å². The molecule has 3 aliphatic rings. The Morgan fingerprint density at radius 1 is 0.786 bits per heavy atom. The van der Waals surface area contributed by atoms with Crippen molar-refractivity contribution in [2.75, 3.05) is 33.9 Å². The molecular weight excluding hydrogens is 1080 g/mol. The van der Waals surface area contributed by atoms with Crippen LogP contribution in [0.25, 0.3) is 0 Å². The Morgan fingerprint density at radius 3 is 1.87 bits per heavy atom. The van der Waals surface area contributed by atoms with E-state index < -0.39 is 103 Å². The van der Waals surface area contributed by atoms with Crippen molar-refractivity contribution >= 4 is 35.1 Å². The van der Waals surface area contributed by atoms with Crippen LogP contribution < -0.4 is 15.9 Å². The van der Waals surface area contributed by atoms with Crippen molar-refractivity contribution in [1.82, 2.24) is 19.6 Å². The summed E-state index contributed by atoms with van der Waals surface area (Å²) >= 11 is 0. The molecule has 0 saturated carbocycles. The van der Waals surface area contributed by atoms with E-state index in [1.165, 1.54) is 68.5 Å². The Balaban J connectivity index is 1.11. The number of cyclic esters (lactones) is 1. The third-order valence-electron chi connectivity index (χ3n) is 19.8. The quantitative estimate of drug-likeness (QED) is 0.0345. The molecule has 4 heterocycles. The van der Waals surface area contributed by atoms with Gasteiger partial charge in [-0.3, -0.25) is 9.59 Å². The van der Waals surface area contributed by atoms with Gasteiger partial charge >= 0.3 is 196 Å². The first kappa shape index (κ1) is 69.7. The molecule has 6 rings (SSSR count). The molecule has 84 heavy (non-hydrogen) atoms. The van der Waals surface area contributed by atoms with Crippen molar-refractivity contribution in [3.63, 3.8) is 0 Å². The second kappa shape index (κ2) is 31.2. The van der Waals surface area contributed by atoms with E-state index in [9.17, 15) is 35.1 Å². The van der Waals surface area contributed by atoms with E-state index in [4.69, 9.17) is 23.7 Å². The van der Waals surface area contributed by atoms with Crippen LogP contribution in [-0.4, -0.2) is 175 Å². The van der Waals surface area contributed by atoms with Gasteiger partial charge in [-0.25, -0.2) is 0 Å². The fourth-order valence-corrected chi connectivity index (χ4v) is 19.7. The number of unbranched alkanes of at least 4 members (excludes halogenated alkanes) is 10. The number of aliphatic hydroxyl groups excluding tert-OH is 3. The molecule has 3 aliphatic heterocycles. The topological polar surface area (TPSA) is 206 Å². The number of aliphatic hydroxyl groups is 5. The number of esters is 1. The number of hydrogen-bond acceptors (Lipinski definition) is 14. The number of hydrogen-bond donors (Lipinski definition) is 5. The average molecular weight is 1200 g/mol. The molecular formula is C67H111N4O12P. The molecule has 16 nitrogen and oxygen atoms in total. The number of aromatic nitrogens is 2. The number of amides is 1. The van der Waals surface area contributed by atoms with E-state index in [0.717, 1.165) is 31.8 Å². The maximum Gasteiger partial charge on any atom is 0.126 e. The Hall–Kier alpha value is -3.38. The SMILES string of the molecule is CC[C@H]1OC(=O)[C@H](C)[C@@H](C2C[C@@](C)(OC)[C@@H](O)[C@H](C)O2)[C@H](C)[C@@H](O[C@@H]2O[C@H](C)C[C@H](N(C)C)[C@H]2O)[C@](C)(O)C[C@@H](C)CN(C(=O)CCCCCCCCCCCCC[PH](c2ccccc2)(c2ccccc2)c2cnn(C)c2)[C@H](C)[C@@H](O)[C@]1(C)O. The minimum atomic E-state index is -2.27. The van der Waals surface area contributed by atoms with Gasteiger partial charge in [0.05, 0.1) is 47.6 Å². The van der Waals surface area contributed by atoms with Gasteiger partial charge < -0.3 is 59.0 Å². The van der Waals surface area contributed by atoms with Gasteiger partial charge in [-0.05, 0) is 86.7 Å². The van der Waals surface area contributed by atoms with Crippen LogP contribution in [0.15, 0.2) is 73.1 Å².